The van der Waals surface area contributed by atoms with Crippen molar-refractivity contribution in [3.63, 3.8) is 0 Å². The Labute approximate surface area is 181 Å². The summed E-state index contributed by atoms with van der Waals surface area (Å²) in [4.78, 5) is 23.5. The monoisotopic (exact) mass is 426 g/mol. The normalized spacial score (nSPS) is 15.0. The van der Waals surface area contributed by atoms with Gasteiger partial charge in [0.25, 0.3) is 5.91 Å². The van der Waals surface area contributed by atoms with Crippen molar-refractivity contribution in [2.75, 3.05) is 13.7 Å². The molecule has 1 saturated carbocycles. The third kappa shape index (κ3) is 6.31. The summed E-state index contributed by atoms with van der Waals surface area (Å²) in [5.74, 6) is 0.0521. The van der Waals surface area contributed by atoms with Gasteiger partial charge >= 0.3 is 0 Å². The molecule has 0 spiro atoms. The highest BCUT2D eigenvalue weighted by Gasteiger charge is 2.27. The Balaban J connectivity index is 1.70. The molecule has 0 radical (unpaired) electrons. The number of primary amides is 1. The molecule has 1 aliphatic carbocycles. The zero-order valence-electron chi connectivity index (χ0n) is 17.5. The van der Waals surface area contributed by atoms with Crippen LogP contribution in [0.2, 0.25) is 0 Å². The predicted molar refractivity (Wildman–Crippen MR) is 116 cm³/mol. The maximum Gasteiger partial charge on any atom is 0.255 e. The van der Waals surface area contributed by atoms with E-state index in [1.54, 1.807) is 36.4 Å². The van der Waals surface area contributed by atoms with Crippen LogP contribution in [0.25, 0.3) is 6.08 Å². The third-order valence-corrected chi connectivity index (χ3v) is 5.38. The molecule has 7 heteroatoms. The van der Waals surface area contributed by atoms with E-state index < -0.39 is 5.91 Å². The molecule has 31 heavy (non-hydrogen) atoms. The summed E-state index contributed by atoms with van der Waals surface area (Å²) in [5.41, 5.74) is 6.74. The van der Waals surface area contributed by atoms with E-state index in [0.717, 1.165) is 36.8 Å². The lowest BCUT2D eigenvalue weighted by molar-refractivity contribution is -0.120. The summed E-state index contributed by atoms with van der Waals surface area (Å²) in [7, 11) is 1.49. The maximum absolute atomic E-state index is 13.3. The van der Waals surface area contributed by atoms with E-state index in [0.29, 0.717) is 17.4 Å². The number of nitrogens with two attached hydrogens (primary N) is 1. The van der Waals surface area contributed by atoms with Crippen molar-refractivity contribution in [1.82, 2.24) is 5.32 Å². The Morgan fingerprint density at radius 1 is 1.16 bits per heavy atom. The van der Waals surface area contributed by atoms with Crippen molar-refractivity contribution in [3.8, 4) is 11.5 Å². The van der Waals surface area contributed by atoms with E-state index in [9.17, 15) is 14.0 Å². The fourth-order valence-electron chi connectivity index (χ4n) is 3.86. The van der Waals surface area contributed by atoms with Gasteiger partial charge in [0, 0.05) is 6.08 Å². The molecule has 0 aromatic heterocycles. The van der Waals surface area contributed by atoms with Gasteiger partial charge in [0.1, 0.15) is 5.82 Å². The molecule has 164 valence electrons. The van der Waals surface area contributed by atoms with E-state index in [1.165, 1.54) is 25.3 Å². The molecule has 1 aliphatic rings. The number of methoxy groups -OCH3 is 1. The lowest BCUT2D eigenvalue weighted by atomic mass is 9.91. The summed E-state index contributed by atoms with van der Waals surface area (Å²) in [6.45, 7) is -0.250. The maximum atomic E-state index is 13.3. The topological polar surface area (TPSA) is 90.7 Å². The molecule has 3 rings (SSSR count). The second-order valence-corrected chi connectivity index (χ2v) is 7.58. The highest BCUT2D eigenvalue weighted by molar-refractivity contribution is 5.92. The minimum Gasteiger partial charge on any atom is -0.493 e. The number of carbonyl (C=O) groups excluding carboxylic acids is 2. The SMILES string of the molecule is COc1cc(/C=C/C(=O)NC(c2ccc(F)cc2)C2CCCC2)ccc1OCC(N)=O. The largest absolute Gasteiger partial charge is 0.493 e. The van der Waals surface area contributed by atoms with Gasteiger partial charge < -0.3 is 20.5 Å². The van der Waals surface area contributed by atoms with Gasteiger partial charge in [-0.15, -0.1) is 0 Å². The van der Waals surface area contributed by atoms with Crippen LogP contribution in [0, 0.1) is 11.7 Å². The zero-order valence-corrected chi connectivity index (χ0v) is 17.5. The predicted octanol–water partition coefficient (Wildman–Crippen LogP) is 3.76. The van der Waals surface area contributed by atoms with Gasteiger partial charge in [0.05, 0.1) is 13.2 Å². The zero-order chi connectivity index (χ0) is 22.2. The minimum atomic E-state index is -0.583. The average Bonchev–Trinajstić information content (AvgIpc) is 3.30. The number of rotatable bonds is 9. The van der Waals surface area contributed by atoms with Crippen molar-refractivity contribution >= 4 is 17.9 Å². The van der Waals surface area contributed by atoms with Gasteiger partial charge in [-0.05, 0) is 60.2 Å². The quantitative estimate of drug-likeness (QED) is 0.598. The summed E-state index contributed by atoms with van der Waals surface area (Å²) >= 11 is 0. The highest BCUT2D eigenvalue weighted by atomic mass is 19.1. The molecule has 0 heterocycles. The van der Waals surface area contributed by atoms with Gasteiger partial charge in [-0.25, -0.2) is 4.39 Å². The van der Waals surface area contributed by atoms with E-state index in [4.69, 9.17) is 15.2 Å². The fraction of sp³-hybridized carbons (Fsp3) is 0.333. The molecule has 3 N–H and O–H groups in total. The van der Waals surface area contributed by atoms with Gasteiger partial charge in [-0.2, -0.15) is 0 Å². The molecule has 6 nitrogen and oxygen atoms in total. The van der Waals surface area contributed by atoms with Crippen LogP contribution >= 0.6 is 0 Å². The number of carbonyl (C=O) groups is 2. The van der Waals surface area contributed by atoms with Gasteiger partial charge in [0.15, 0.2) is 18.1 Å². The smallest absolute Gasteiger partial charge is 0.255 e. The molecule has 2 aromatic rings. The Kier molecular flexibility index (Phi) is 7.65. The van der Waals surface area contributed by atoms with Crippen LogP contribution in [0.4, 0.5) is 4.39 Å². The molecular formula is C24H27FN2O4. The van der Waals surface area contributed by atoms with Crippen molar-refractivity contribution < 1.29 is 23.5 Å². The fourth-order valence-corrected chi connectivity index (χ4v) is 3.86. The second-order valence-electron chi connectivity index (χ2n) is 7.58. The number of halogens is 1. The highest BCUT2D eigenvalue weighted by Crippen LogP contribution is 2.36. The Bertz CT molecular complexity index is 937. The minimum absolute atomic E-state index is 0.153. The van der Waals surface area contributed by atoms with Gasteiger partial charge in [-0.1, -0.05) is 31.0 Å². The van der Waals surface area contributed by atoms with E-state index in [2.05, 4.69) is 5.32 Å². The molecule has 1 unspecified atom stereocenters. The van der Waals surface area contributed by atoms with Crippen LogP contribution in [-0.4, -0.2) is 25.5 Å². The standard InChI is InChI=1S/C24H27FN2O4/c1-30-21-14-16(6-12-20(21)31-15-22(26)28)7-13-23(29)27-24(17-4-2-3-5-17)18-8-10-19(25)11-9-18/h6-14,17,24H,2-5,15H2,1H3,(H2,26,28)(H,27,29)/b13-7+. The Hall–Kier alpha value is -3.35. The number of hydrogen-bond donors (Lipinski definition) is 2. The first kappa shape index (κ1) is 22.3. The summed E-state index contributed by atoms with van der Waals surface area (Å²) < 4.78 is 23.9. The summed E-state index contributed by atoms with van der Waals surface area (Å²) in [6.07, 6.45) is 7.48. The molecule has 0 bridgehead atoms. The van der Waals surface area contributed by atoms with Crippen LogP contribution in [0.5, 0.6) is 11.5 Å². The molecule has 2 aromatic carbocycles. The summed E-state index contributed by atoms with van der Waals surface area (Å²) in [5, 5.41) is 3.08. The van der Waals surface area contributed by atoms with Crippen molar-refractivity contribution in [2.24, 2.45) is 11.7 Å². The van der Waals surface area contributed by atoms with Crippen LogP contribution in [-0.2, 0) is 9.59 Å². The van der Waals surface area contributed by atoms with E-state index in [-0.39, 0.29) is 24.4 Å². The van der Waals surface area contributed by atoms with Gasteiger partial charge in [-0.3, -0.25) is 9.59 Å². The number of hydrogen-bond acceptors (Lipinski definition) is 4. The first-order valence-electron chi connectivity index (χ1n) is 10.3. The molecular weight excluding hydrogens is 399 g/mol. The first-order valence-corrected chi connectivity index (χ1v) is 10.3. The first-order chi connectivity index (χ1) is 15.0. The van der Waals surface area contributed by atoms with Crippen molar-refractivity contribution in [1.29, 1.82) is 0 Å². The molecule has 1 atom stereocenters. The lowest BCUT2D eigenvalue weighted by Crippen LogP contribution is -2.31. The lowest BCUT2D eigenvalue weighted by Gasteiger charge is -2.24. The van der Waals surface area contributed by atoms with Crippen molar-refractivity contribution in [3.05, 3.63) is 65.5 Å². The van der Waals surface area contributed by atoms with Crippen LogP contribution in [0.15, 0.2) is 48.5 Å². The second kappa shape index (κ2) is 10.6. The van der Waals surface area contributed by atoms with Crippen molar-refractivity contribution in [2.45, 2.75) is 31.7 Å². The molecule has 0 aliphatic heterocycles. The molecule has 1 fully saturated rings. The number of amides is 2. The molecule has 2 amide bonds. The van der Waals surface area contributed by atoms with Gasteiger partial charge in [0.2, 0.25) is 5.91 Å². The van der Waals surface area contributed by atoms with Crippen LogP contribution in [0.1, 0.15) is 42.9 Å². The third-order valence-electron chi connectivity index (χ3n) is 5.38. The van der Waals surface area contributed by atoms with E-state index >= 15 is 0 Å². The van der Waals surface area contributed by atoms with E-state index in [1.807, 2.05) is 0 Å². The Morgan fingerprint density at radius 3 is 2.52 bits per heavy atom. The Morgan fingerprint density at radius 2 is 1.87 bits per heavy atom. The summed E-state index contributed by atoms with van der Waals surface area (Å²) in [6, 6.07) is 11.3. The number of nitrogens with one attached hydrogen (secondary N) is 1. The number of benzene rings is 2. The van der Waals surface area contributed by atoms with Crippen LogP contribution < -0.4 is 20.5 Å². The number of ether oxygens (including phenoxy) is 2. The average molecular weight is 426 g/mol. The molecule has 0 saturated heterocycles. The van der Waals surface area contributed by atoms with Crippen LogP contribution in [0.3, 0.4) is 0 Å².